The van der Waals surface area contributed by atoms with E-state index < -0.39 is 12.0 Å². The third-order valence-electron chi connectivity index (χ3n) is 2.77. The summed E-state index contributed by atoms with van der Waals surface area (Å²) in [6, 6.07) is 5.77. The molecule has 2 aromatic heterocycles. The van der Waals surface area contributed by atoms with Gasteiger partial charge in [0.1, 0.15) is 17.5 Å². The Morgan fingerprint density at radius 1 is 1.53 bits per heavy atom. The minimum Gasteiger partial charge on any atom is -0.480 e. The Hall–Kier alpha value is -2.37. The molecule has 0 aliphatic rings. The molecule has 0 aromatic carbocycles. The molecule has 0 radical (unpaired) electrons. The molecule has 0 amide bonds. The van der Waals surface area contributed by atoms with Crippen LogP contribution < -0.4 is 10.9 Å². The molecule has 2 rings (SSSR count). The van der Waals surface area contributed by atoms with Crippen molar-refractivity contribution < 1.29 is 9.90 Å². The topological polar surface area (TPSA) is 83.7 Å². The van der Waals surface area contributed by atoms with Gasteiger partial charge in [0.05, 0.1) is 0 Å². The van der Waals surface area contributed by atoms with Gasteiger partial charge in [-0.25, -0.2) is 9.78 Å². The second kappa shape index (κ2) is 5.51. The van der Waals surface area contributed by atoms with E-state index in [1.807, 2.05) is 6.92 Å². The fourth-order valence-electron chi connectivity index (χ4n) is 1.85. The Labute approximate surface area is 109 Å². The van der Waals surface area contributed by atoms with Gasteiger partial charge in [0.15, 0.2) is 0 Å². The molecule has 1 atom stereocenters. The predicted octanol–water partition coefficient (Wildman–Crippen LogP) is 1.36. The number of anilines is 1. The molecule has 100 valence electrons. The second-order valence-corrected chi connectivity index (χ2v) is 4.23. The van der Waals surface area contributed by atoms with Crippen LogP contribution in [-0.2, 0) is 4.79 Å². The lowest BCUT2D eigenvalue weighted by Gasteiger charge is -2.14. The number of hydrogen-bond acceptors (Lipinski definition) is 4. The zero-order chi connectivity index (χ0) is 13.8. The van der Waals surface area contributed by atoms with E-state index in [0.717, 1.165) is 6.42 Å². The molecule has 0 fully saturated rings. The summed E-state index contributed by atoms with van der Waals surface area (Å²) < 4.78 is 1.40. The minimum absolute atomic E-state index is 0.242. The molecule has 0 bridgehead atoms. The summed E-state index contributed by atoms with van der Waals surface area (Å²) in [5, 5.41) is 11.9. The molecular weight excluding hydrogens is 246 g/mol. The maximum Gasteiger partial charge on any atom is 0.326 e. The Kier molecular flexibility index (Phi) is 3.79. The molecule has 0 aliphatic carbocycles. The Balaban J connectivity index is 2.35. The van der Waals surface area contributed by atoms with Crippen molar-refractivity contribution in [3.63, 3.8) is 0 Å². The highest BCUT2D eigenvalue weighted by Crippen LogP contribution is 2.08. The molecule has 2 N–H and O–H groups in total. The van der Waals surface area contributed by atoms with Gasteiger partial charge in [-0.1, -0.05) is 19.4 Å². The zero-order valence-electron chi connectivity index (χ0n) is 10.5. The van der Waals surface area contributed by atoms with Gasteiger partial charge in [0.2, 0.25) is 0 Å². The highest BCUT2D eigenvalue weighted by Gasteiger charge is 2.16. The first-order valence-electron chi connectivity index (χ1n) is 6.09. The van der Waals surface area contributed by atoms with Crippen molar-refractivity contribution >= 4 is 17.4 Å². The van der Waals surface area contributed by atoms with Crippen LogP contribution in [0.2, 0.25) is 0 Å². The van der Waals surface area contributed by atoms with Gasteiger partial charge < -0.3 is 10.4 Å². The van der Waals surface area contributed by atoms with E-state index in [1.54, 1.807) is 24.4 Å². The van der Waals surface area contributed by atoms with E-state index in [0.29, 0.717) is 12.1 Å². The third-order valence-corrected chi connectivity index (χ3v) is 2.77. The van der Waals surface area contributed by atoms with Crippen molar-refractivity contribution in [2.24, 2.45) is 0 Å². The van der Waals surface area contributed by atoms with Gasteiger partial charge >= 0.3 is 5.97 Å². The van der Waals surface area contributed by atoms with Gasteiger partial charge in [0.25, 0.3) is 5.56 Å². The zero-order valence-corrected chi connectivity index (χ0v) is 10.5. The summed E-state index contributed by atoms with van der Waals surface area (Å²) in [6.07, 6.45) is 2.83. The standard InChI is InChI=1S/C13H15N3O3/c1-2-5-9(13(18)19)14-10-8-12(17)16-7-4-3-6-11(16)15-10/h3-4,6-9,14H,2,5H2,1H3,(H,18,19). The fourth-order valence-corrected chi connectivity index (χ4v) is 1.85. The molecule has 19 heavy (non-hydrogen) atoms. The van der Waals surface area contributed by atoms with Crippen LogP contribution >= 0.6 is 0 Å². The first-order chi connectivity index (χ1) is 9.11. The summed E-state index contributed by atoms with van der Waals surface area (Å²) in [6.45, 7) is 1.90. The number of fused-ring (bicyclic) bond motifs is 1. The number of aromatic nitrogens is 2. The summed E-state index contributed by atoms with van der Waals surface area (Å²) in [5.41, 5.74) is 0.242. The number of carboxylic acid groups (broad SMARTS) is 1. The molecule has 0 saturated heterocycles. The lowest BCUT2D eigenvalue weighted by Crippen LogP contribution is -2.30. The SMILES string of the molecule is CCCC(Nc1cc(=O)n2ccccc2n1)C(=O)O. The second-order valence-electron chi connectivity index (χ2n) is 4.23. The fraction of sp³-hybridized carbons (Fsp3) is 0.308. The molecule has 0 aliphatic heterocycles. The van der Waals surface area contributed by atoms with Crippen molar-refractivity contribution in [1.29, 1.82) is 0 Å². The molecule has 2 aromatic rings. The van der Waals surface area contributed by atoms with E-state index in [-0.39, 0.29) is 11.4 Å². The minimum atomic E-state index is -0.947. The summed E-state index contributed by atoms with van der Waals surface area (Å²) >= 11 is 0. The van der Waals surface area contributed by atoms with E-state index in [2.05, 4.69) is 10.3 Å². The number of nitrogens with one attached hydrogen (secondary N) is 1. The van der Waals surface area contributed by atoms with Crippen LogP contribution in [0, 0.1) is 0 Å². The van der Waals surface area contributed by atoms with Crippen LogP contribution in [0.25, 0.3) is 5.65 Å². The normalized spacial score (nSPS) is 12.3. The van der Waals surface area contributed by atoms with Crippen molar-refractivity contribution in [1.82, 2.24) is 9.38 Å². The lowest BCUT2D eigenvalue weighted by atomic mass is 10.2. The van der Waals surface area contributed by atoms with Crippen LogP contribution in [0.3, 0.4) is 0 Å². The molecule has 6 nitrogen and oxygen atoms in total. The van der Waals surface area contributed by atoms with E-state index in [4.69, 9.17) is 5.11 Å². The molecule has 1 unspecified atom stereocenters. The number of pyridine rings is 1. The van der Waals surface area contributed by atoms with Crippen molar-refractivity contribution in [2.45, 2.75) is 25.8 Å². The lowest BCUT2D eigenvalue weighted by molar-refractivity contribution is -0.138. The highest BCUT2D eigenvalue weighted by molar-refractivity contribution is 5.76. The number of carbonyl (C=O) groups is 1. The average molecular weight is 261 g/mol. The summed E-state index contributed by atoms with van der Waals surface area (Å²) in [5.74, 6) is -0.658. The maximum absolute atomic E-state index is 11.8. The van der Waals surface area contributed by atoms with Gasteiger partial charge in [-0.15, -0.1) is 0 Å². The van der Waals surface area contributed by atoms with E-state index in [1.165, 1.54) is 10.5 Å². The van der Waals surface area contributed by atoms with Crippen molar-refractivity contribution in [3.8, 4) is 0 Å². The Morgan fingerprint density at radius 2 is 2.32 bits per heavy atom. The molecule has 0 saturated carbocycles. The number of carboxylic acids is 1. The van der Waals surface area contributed by atoms with Crippen LogP contribution in [0.15, 0.2) is 35.3 Å². The first-order valence-corrected chi connectivity index (χ1v) is 6.09. The Morgan fingerprint density at radius 3 is 3.00 bits per heavy atom. The third kappa shape index (κ3) is 2.90. The number of aliphatic carboxylic acids is 1. The summed E-state index contributed by atoms with van der Waals surface area (Å²) in [4.78, 5) is 27.1. The van der Waals surface area contributed by atoms with Crippen LogP contribution in [-0.4, -0.2) is 26.5 Å². The molecule has 2 heterocycles. The number of hydrogen-bond donors (Lipinski definition) is 2. The largest absolute Gasteiger partial charge is 0.480 e. The van der Waals surface area contributed by atoms with Gasteiger partial charge in [-0.3, -0.25) is 9.20 Å². The van der Waals surface area contributed by atoms with Crippen LogP contribution in [0.1, 0.15) is 19.8 Å². The van der Waals surface area contributed by atoms with Crippen molar-refractivity contribution in [2.75, 3.05) is 5.32 Å². The quantitative estimate of drug-likeness (QED) is 0.849. The van der Waals surface area contributed by atoms with Crippen molar-refractivity contribution in [3.05, 3.63) is 40.8 Å². The molecule has 0 spiro atoms. The predicted molar refractivity (Wildman–Crippen MR) is 71.4 cm³/mol. The Bertz CT molecular complexity index is 651. The average Bonchev–Trinajstić information content (AvgIpc) is 2.38. The first kappa shape index (κ1) is 13.1. The van der Waals surface area contributed by atoms with Gasteiger partial charge in [-0.2, -0.15) is 0 Å². The van der Waals surface area contributed by atoms with E-state index in [9.17, 15) is 9.59 Å². The molecular formula is C13H15N3O3. The van der Waals surface area contributed by atoms with Gasteiger partial charge in [0, 0.05) is 12.3 Å². The maximum atomic E-state index is 11.8. The number of nitrogens with zero attached hydrogens (tertiary/aromatic N) is 2. The number of rotatable bonds is 5. The summed E-state index contributed by atoms with van der Waals surface area (Å²) in [7, 11) is 0. The smallest absolute Gasteiger partial charge is 0.326 e. The van der Waals surface area contributed by atoms with Gasteiger partial charge in [-0.05, 0) is 18.6 Å². The monoisotopic (exact) mass is 261 g/mol. The highest BCUT2D eigenvalue weighted by atomic mass is 16.4. The molecule has 6 heteroatoms. The van der Waals surface area contributed by atoms with E-state index >= 15 is 0 Å². The van der Waals surface area contributed by atoms with Crippen LogP contribution in [0.5, 0.6) is 0 Å². The van der Waals surface area contributed by atoms with Crippen LogP contribution in [0.4, 0.5) is 5.82 Å².